The van der Waals surface area contributed by atoms with Gasteiger partial charge in [0.05, 0.1) is 16.2 Å². The molecule has 102 valence electrons. The second-order valence-corrected chi connectivity index (χ2v) is 6.74. The van der Waals surface area contributed by atoms with Crippen molar-refractivity contribution in [2.24, 2.45) is 10.9 Å². The van der Waals surface area contributed by atoms with E-state index in [0.29, 0.717) is 12.0 Å². The summed E-state index contributed by atoms with van der Waals surface area (Å²) >= 11 is 4.68. The van der Waals surface area contributed by atoms with Crippen LogP contribution in [-0.4, -0.2) is 17.0 Å². The topological polar surface area (TPSA) is 24.4 Å². The molecule has 1 aromatic carbocycles. The highest BCUT2D eigenvalue weighted by Crippen LogP contribution is 2.36. The second kappa shape index (κ2) is 5.40. The maximum atomic E-state index is 13.7. The standard InChI is InChI=1S/C13H13BrF2N2S/c14-8-4-12(10(16)5-9(8)15)18-13-17-11-3-1-2-7(11)6-19-13/h4-5,7,11H,1-3,6H2,(H,17,18). The van der Waals surface area contributed by atoms with Crippen molar-refractivity contribution in [3.05, 3.63) is 28.2 Å². The number of halogens is 3. The lowest BCUT2D eigenvalue weighted by atomic mass is 10.1. The van der Waals surface area contributed by atoms with Gasteiger partial charge in [0.2, 0.25) is 0 Å². The minimum atomic E-state index is -0.600. The van der Waals surface area contributed by atoms with E-state index in [1.165, 1.54) is 18.9 Å². The maximum absolute atomic E-state index is 13.7. The van der Waals surface area contributed by atoms with Crippen molar-refractivity contribution in [1.82, 2.24) is 0 Å². The molecule has 2 nitrogen and oxygen atoms in total. The van der Waals surface area contributed by atoms with Crippen LogP contribution in [0.3, 0.4) is 0 Å². The van der Waals surface area contributed by atoms with Crippen LogP contribution in [0.25, 0.3) is 0 Å². The molecule has 1 aliphatic carbocycles. The molecule has 1 heterocycles. The van der Waals surface area contributed by atoms with Crippen LogP contribution in [-0.2, 0) is 0 Å². The van der Waals surface area contributed by atoms with Crippen LogP contribution in [0.1, 0.15) is 19.3 Å². The van der Waals surface area contributed by atoms with E-state index in [0.717, 1.165) is 23.4 Å². The molecule has 0 aromatic heterocycles. The van der Waals surface area contributed by atoms with E-state index in [1.54, 1.807) is 11.8 Å². The molecule has 1 aliphatic heterocycles. The predicted molar refractivity (Wildman–Crippen MR) is 78.7 cm³/mol. The third-order valence-electron chi connectivity index (χ3n) is 3.59. The Morgan fingerprint density at radius 1 is 1.26 bits per heavy atom. The lowest BCUT2D eigenvalue weighted by Crippen LogP contribution is -2.25. The molecule has 2 unspecified atom stereocenters. The molecule has 1 aromatic rings. The summed E-state index contributed by atoms with van der Waals surface area (Å²) in [7, 11) is 0. The maximum Gasteiger partial charge on any atom is 0.161 e. The third-order valence-corrected chi connectivity index (χ3v) is 5.27. The normalized spacial score (nSPS) is 25.9. The van der Waals surface area contributed by atoms with E-state index in [-0.39, 0.29) is 10.2 Å². The number of anilines is 1. The first-order chi connectivity index (χ1) is 9.13. The lowest BCUT2D eigenvalue weighted by molar-refractivity contribution is 0.535. The van der Waals surface area contributed by atoms with Gasteiger partial charge in [-0.25, -0.2) is 8.78 Å². The molecule has 1 fully saturated rings. The molecule has 0 saturated heterocycles. The number of nitrogens with one attached hydrogen (secondary N) is 1. The van der Waals surface area contributed by atoms with Crippen molar-refractivity contribution >= 4 is 38.5 Å². The summed E-state index contributed by atoms with van der Waals surface area (Å²) in [6.07, 6.45) is 3.58. The van der Waals surface area contributed by atoms with Crippen LogP contribution in [0, 0.1) is 17.6 Å². The molecule has 2 aliphatic rings. The Morgan fingerprint density at radius 2 is 2.11 bits per heavy atom. The number of nitrogens with zero attached hydrogens (tertiary/aromatic N) is 1. The fourth-order valence-electron chi connectivity index (χ4n) is 2.56. The van der Waals surface area contributed by atoms with Gasteiger partial charge in [0, 0.05) is 11.8 Å². The Hall–Kier alpha value is -0.620. The van der Waals surface area contributed by atoms with E-state index < -0.39 is 11.6 Å². The lowest BCUT2D eigenvalue weighted by Gasteiger charge is -2.23. The number of hydrogen-bond donors (Lipinski definition) is 1. The molecule has 2 atom stereocenters. The van der Waals surface area contributed by atoms with E-state index >= 15 is 0 Å². The first-order valence-electron chi connectivity index (χ1n) is 6.25. The van der Waals surface area contributed by atoms with Gasteiger partial charge in [-0.05, 0) is 40.8 Å². The van der Waals surface area contributed by atoms with Gasteiger partial charge in [0.1, 0.15) is 11.6 Å². The van der Waals surface area contributed by atoms with E-state index in [1.807, 2.05) is 0 Å². The van der Waals surface area contributed by atoms with Crippen molar-refractivity contribution in [1.29, 1.82) is 0 Å². The monoisotopic (exact) mass is 346 g/mol. The van der Waals surface area contributed by atoms with Gasteiger partial charge in [-0.3, -0.25) is 4.99 Å². The van der Waals surface area contributed by atoms with Gasteiger partial charge in [0.25, 0.3) is 0 Å². The average molecular weight is 347 g/mol. The zero-order valence-electron chi connectivity index (χ0n) is 10.1. The van der Waals surface area contributed by atoms with Crippen molar-refractivity contribution in [3.8, 4) is 0 Å². The molecule has 0 radical (unpaired) electrons. The largest absolute Gasteiger partial charge is 0.333 e. The highest BCUT2D eigenvalue weighted by molar-refractivity contribution is 9.10. The molecule has 1 N–H and O–H groups in total. The summed E-state index contributed by atoms with van der Waals surface area (Å²) in [6, 6.07) is 2.66. The highest BCUT2D eigenvalue weighted by Gasteiger charge is 2.31. The first-order valence-corrected chi connectivity index (χ1v) is 8.03. The number of amidine groups is 1. The van der Waals surface area contributed by atoms with Gasteiger partial charge in [-0.1, -0.05) is 18.2 Å². The van der Waals surface area contributed by atoms with Crippen molar-refractivity contribution in [2.45, 2.75) is 25.3 Å². The summed E-state index contributed by atoms with van der Waals surface area (Å²) in [5.41, 5.74) is 0.260. The Balaban J connectivity index is 1.80. The zero-order valence-corrected chi connectivity index (χ0v) is 12.5. The zero-order chi connectivity index (χ0) is 13.4. The van der Waals surface area contributed by atoms with E-state index in [9.17, 15) is 8.78 Å². The average Bonchev–Trinajstić information content (AvgIpc) is 2.83. The molecule has 3 rings (SSSR count). The second-order valence-electron chi connectivity index (χ2n) is 4.87. The predicted octanol–water partition coefficient (Wildman–Crippen LogP) is 4.41. The van der Waals surface area contributed by atoms with Crippen molar-refractivity contribution in [3.63, 3.8) is 0 Å². The Bertz CT molecular complexity index is 536. The van der Waals surface area contributed by atoms with Crippen LogP contribution in [0.2, 0.25) is 0 Å². The molecular weight excluding hydrogens is 334 g/mol. The molecule has 0 spiro atoms. The van der Waals surface area contributed by atoms with Gasteiger partial charge in [0.15, 0.2) is 5.17 Å². The number of rotatable bonds is 1. The van der Waals surface area contributed by atoms with Gasteiger partial charge in [-0.2, -0.15) is 0 Å². The third kappa shape index (κ3) is 2.79. The molecule has 0 amide bonds. The van der Waals surface area contributed by atoms with Gasteiger partial charge < -0.3 is 5.32 Å². The van der Waals surface area contributed by atoms with Crippen LogP contribution >= 0.6 is 27.7 Å². The molecule has 0 bridgehead atoms. The number of thioether (sulfide) groups is 1. The molecule has 19 heavy (non-hydrogen) atoms. The van der Waals surface area contributed by atoms with Gasteiger partial charge >= 0.3 is 0 Å². The van der Waals surface area contributed by atoms with Crippen molar-refractivity contribution in [2.75, 3.05) is 11.1 Å². The summed E-state index contributed by atoms with van der Waals surface area (Å²) in [5.74, 6) is 0.496. The molecule has 1 saturated carbocycles. The van der Waals surface area contributed by atoms with Crippen molar-refractivity contribution < 1.29 is 8.78 Å². The number of fused-ring (bicyclic) bond motifs is 1. The number of hydrogen-bond acceptors (Lipinski definition) is 3. The van der Waals surface area contributed by atoms with Crippen LogP contribution < -0.4 is 5.32 Å². The minimum absolute atomic E-state index is 0.247. The Kier molecular flexibility index (Phi) is 3.80. The van der Waals surface area contributed by atoms with E-state index in [2.05, 4.69) is 26.2 Å². The quantitative estimate of drug-likeness (QED) is 0.761. The van der Waals surface area contributed by atoms with Crippen LogP contribution in [0.15, 0.2) is 21.6 Å². The fraction of sp³-hybridized carbons (Fsp3) is 0.462. The number of benzene rings is 1. The Morgan fingerprint density at radius 3 is 2.95 bits per heavy atom. The molecule has 6 heteroatoms. The van der Waals surface area contributed by atoms with Crippen LogP contribution in [0.5, 0.6) is 0 Å². The smallest absolute Gasteiger partial charge is 0.161 e. The summed E-state index contributed by atoms with van der Waals surface area (Å²) in [6.45, 7) is 0. The SMILES string of the molecule is Fc1cc(F)c(NC2=NC3CCCC3CS2)cc1Br. The summed E-state index contributed by atoms with van der Waals surface area (Å²) < 4.78 is 27.1. The highest BCUT2D eigenvalue weighted by atomic mass is 79.9. The molecular formula is C13H13BrF2N2S. The summed E-state index contributed by atoms with van der Waals surface area (Å²) in [4.78, 5) is 4.63. The Labute approximate surface area is 123 Å². The minimum Gasteiger partial charge on any atom is -0.333 e. The fourth-order valence-corrected chi connectivity index (χ4v) is 4.05. The van der Waals surface area contributed by atoms with E-state index in [4.69, 9.17) is 0 Å². The van der Waals surface area contributed by atoms with Crippen LogP contribution in [0.4, 0.5) is 14.5 Å². The summed E-state index contributed by atoms with van der Waals surface area (Å²) in [5, 5.41) is 3.71. The first kappa shape index (κ1) is 13.4. The van der Waals surface area contributed by atoms with Gasteiger partial charge in [-0.15, -0.1) is 0 Å². The number of aliphatic imine (C=N–C) groups is 1.